The number of carbonyl (C=O) groups excluding carboxylic acids is 4. The number of terminal acetylenes is 1. The molecular weight excluding hydrogens is 787 g/mol. The predicted octanol–water partition coefficient (Wildman–Crippen LogP) is 7.32. The number of carbonyl (C=O) groups is 4. The van der Waals surface area contributed by atoms with Crippen LogP contribution in [0.4, 0.5) is 9.59 Å². The molecule has 2 aromatic heterocycles. The van der Waals surface area contributed by atoms with Crippen LogP contribution in [0.3, 0.4) is 0 Å². The smallest absolute Gasteiger partial charge is 0.407 e. The number of allylic oxidation sites excluding steroid dienone is 1. The number of ether oxygens (including phenoxy) is 2. The number of nitrogens with zero attached hydrogens (tertiary/aromatic N) is 5. The van der Waals surface area contributed by atoms with E-state index in [0.29, 0.717) is 24.6 Å². The zero-order valence-electron chi connectivity index (χ0n) is 36.0. The number of hydrogen-bond donors (Lipinski definition) is 4. The fourth-order valence-electron chi connectivity index (χ4n) is 7.43. The minimum absolute atomic E-state index is 0.0895. The highest BCUT2D eigenvalue weighted by atomic mass is 16.5. The van der Waals surface area contributed by atoms with Gasteiger partial charge in [0.1, 0.15) is 23.7 Å². The third kappa shape index (κ3) is 9.96. The van der Waals surface area contributed by atoms with Gasteiger partial charge in [-0.05, 0) is 72.9 Å². The molecule has 0 spiro atoms. The van der Waals surface area contributed by atoms with Crippen molar-refractivity contribution in [1.29, 1.82) is 5.26 Å². The third-order valence-electron chi connectivity index (χ3n) is 10.5. The normalized spacial score (nSPS) is 12.6. The van der Waals surface area contributed by atoms with Crippen molar-refractivity contribution in [2.45, 2.75) is 66.2 Å². The zero-order valence-corrected chi connectivity index (χ0v) is 36.0. The van der Waals surface area contributed by atoms with Crippen LogP contribution in [0.1, 0.15) is 52.7 Å². The van der Waals surface area contributed by atoms with Crippen molar-refractivity contribution in [2.75, 3.05) is 27.3 Å². The number of nitriles is 1. The van der Waals surface area contributed by atoms with Crippen LogP contribution in [-0.4, -0.2) is 93.1 Å². The Morgan fingerprint density at radius 2 is 1.32 bits per heavy atom. The fourth-order valence-corrected chi connectivity index (χ4v) is 7.43. The van der Waals surface area contributed by atoms with E-state index in [1.807, 2.05) is 64.1 Å². The van der Waals surface area contributed by atoms with Gasteiger partial charge < -0.3 is 39.9 Å². The molecule has 0 aliphatic heterocycles. The molecule has 0 bridgehead atoms. The summed E-state index contributed by atoms with van der Waals surface area (Å²) < 4.78 is 9.52. The molecule has 0 fully saturated rings. The molecule has 0 saturated heterocycles. The van der Waals surface area contributed by atoms with Crippen LogP contribution < -0.4 is 10.6 Å². The molecule has 320 valence electrons. The molecule has 0 aliphatic rings. The first-order chi connectivity index (χ1) is 29.7. The SMILES string of the molecule is C#CCCN(Cc1nc2c(ccc3cc(-c4ccc5c(ccc6[nH]c(CN(C[C@H](C)C#N)C(=O)[C@H](C=C(C)C)NC(=O)OC)nc65)c4)ccc32)[nH]1)C(=O)[C@@H](NC(=O)OC)C(C)C. The maximum atomic E-state index is 13.8. The van der Waals surface area contributed by atoms with Crippen molar-refractivity contribution in [3.05, 3.63) is 84.0 Å². The van der Waals surface area contributed by atoms with Crippen LogP contribution in [0.25, 0.3) is 54.7 Å². The van der Waals surface area contributed by atoms with Crippen LogP contribution in [-0.2, 0) is 32.2 Å². The molecule has 15 nitrogen and oxygen atoms in total. The minimum Gasteiger partial charge on any atom is -0.453 e. The Kier molecular flexibility index (Phi) is 13.8. The van der Waals surface area contributed by atoms with Crippen LogP contribution in [0.5, 0.6) is 0 Å². The van der Waals surface area contributed by atoms with Gasteiger partial charge in [0.05, 0.1) is 61.4 Å². The van der Waals surface area contributed by atoms with Crippen molar-refractivity contribution < 1.29 is 28.7 Å². The van der Waals surface area contributed by atoms with Crippen molar-refractivity contribution in [2.24, 2.45) is 11.8 Å². The van der Waals surface area contributed by atoms with Gasteiger partial charge in [0.2, 0.25) is 11.8 Å². The van der Waals surface area contributed by atoms with Gasteiger partial charge in [0.15, 0.2) is 0 Å². The quantitative estimate of drug-likeness (QED) is 0.0605. The number of fused-ring (bicyclic) bond motifs is 6. The first-order valence-electron chi connectivity index (χ1n) is 20.3. The lowest BCUT2D eigenvalue weighted by Crippen LogP contribution is -2.51. The van der Waals surface area contributed by atoms with Gasteiger partial charge in [0, 0.05) is 30.3 Å². The molecule has 0 unspecified atom stereocenters. The molecule has 4 N–H and O–H groups in total. The molecule has 15 heteroatoms. The van der Waals surface area contributed by atoms with Gasteiger partial charge in [-0.25, -0.2) is 19.6 Å². The van der Waals surface area contributed by atoms with Gasteiger partial charge >= 0.3 is 12.2 Å². The average Bonchev–Trinajstić information content (AvgIpc) is 3.89. The Balaban J connectivity index is 1.26. The maximum Gasteiger partial charge on any atom is 0.407 e. The topological polar surface area (TPSA) is 198 Å². The summed E-state index contributed by atoms with van der Waals surface area (Å²) >= 11 is 0. The van der Waals surface area contributed by atoms with Crippen LogP contribution in [0.2, 0.25) is 0 Å². The Bertz CT molecular complexity index is 2770. The average molecular weight is 838 g/mol. The molecule has 4 amide bonds. The summed E-state index contributed by atoms with van der Waals surface area (Å²) in [5.74, 6) is 2.40. The Morgan fingerprint density at radius 3 is 1.81 bits per heavy atom. The molecule has 2 heterocycles. The summed E-state index contributed by atoms with van der Waals surface area (Å²) in [6, 6.07) is 20.8. The predicted molar refractivity (Wildman–Crippen MR) is 238 cm³/mol. The second kappa shape index (κ2) is 19.3. The first kappa shape index (κ1) is 44.2. The van der Waals surface area contributed by atoms with E-state index in [-0.39, 0.29) is 31.5 Å². The second-order valence-electron chi connectivity index (χ2n) is 15.8. The van der Waals surface area contributed by atoms with E-state index in [9.17, 15) is 24.4 Å². The molecular formula is C47H51N9O6. The number of benzene rings is 4. The molecule has 3 atom stereocenters. The second-order valence-corrected chi connectivity index (χ2v) is 15.8. The van der Waals surface area contributed by atoms with Crippen LogP contribution in [0, 0.1) is 35.5 Å². The lowest BCUT2D eigenvalue weighted by molar-refractivity contribution is -0.135. The number of amides is 4. The lowest BCUT2D eigenvalue weighted by Gasteiger charge is -2.28. The number of methoxy groups -OCH3 is 2. The summed E-state index contributed by atoms with van der Waals surface area (Å²) in [5, 5.41) is 18.7. The van der Waals surface area contributed by atoms with Crippen molar-refractivity contribution in [3.8, 4) is 29.5 Å². The number of aromatic nitrogens is 4. The van der Waals surface area contributed by atoms with Gasteiger partial charge in [0.25, 0.3) is 0 Å². The van der Waals surface area contributed by atoms with E-state index >= 15 is 0 Å². The highest BCUT2D eigenvalue weighted by molar-refractivity contribution is 6.07. The standard InChI is InChI=1S/C47H51N9O6/c1-9-10-19-55(45(58)41(28(4)5)54-47(60)62-8)25-39-49-36-17-13-32-21-30(11-15-34(32)42(36)52-39)31-12-16-35-33(22-31)14-18-37-43(35)53-40(50-37)26-56(24-29(6)23-48)44(57)38(20-27(2)3)51-46(59)61-7/h1,11-18,20-22,28-29,38,41H,10,19,24-26H2,2-8H3,(H,49,52)(H,50,53)(H,51,59)(H,54,60)/t29-,38+,41+/m1/s1. The van der Waals surface area contributed by atoms with E-state index in [2.05, 4.69) is 56.9 Å². The lowest BCUT2D eigenvalue weighted by atomic mass is 9.98. The summed E-state index contributed by atoms with van der Waals surface area (Å²) in [5.41, 5.74) is 5.97. The fraction of sp³-hybridized carbons (Fsp3) is 0.340. The van der Waals surface area contributed by atoms with E-state index in [1.165, 1.54) is 19.1 Å². The zero-order chi connectivity index (χ0) is 44.7. The summed E-state index contributed by atoms with van der Waals surface area (Å²) in [6.07, 6.45) is 6.13. The van der Waals surface area contributed by atoms with Gasteiger partial charge in [-0.15, -0.1) is 12.3 Å². The summed E-state index contributed by atoms with van der Waals surface area (Å²) in [7, 11) is 2.49. The number of imidazole rings is 2. The molecule has 6 rings (SSSR count). The van der Waals surface area contributed by atoms with Crippen molar-refractivity contribution in [3.63, 3.8) is 0 Å². The largest absolute Gasteiger partial charge is 0.453 e. The van der Waals surface area contributed by atoms with Crippen LogP contribution >= 0.6 is 0 Å². The van der Waals surface area contributed by atoms with E-state index < -0.39 is 36.1 Å². The van der Waals surface area contributed by atoms with Crippen molar-refractivity contribution in [1.82, 2.24) is 40.4 Å². The monoisotopic (exact) mass is 837 g/mol. The highest BCUT2D eigenvalue weighted by Gasteiger charge is 2.30. The number of rotatable bonds is 15. The number of alkyl carbamates (subject to hydrolysis) is 2. The molecule has 6 aromatic rings. The number of H-pyrrole nitrogens is 2. The maximum absolute atomic E-state index is 13.8. The molecule has 0 radical (unpaired) electrons. The minimum atomic E-state index is -0.987. The molecule has 4 aromatic carbocycles. The summed E-state index contributed by atoms with van der Waals surface area (Å²) in [6.45, 7) is 9.78. The molecule has 62 heavy (non-hydrogen) atoms. The molecule has 0 aliphatic carbocycles. The van der Waals surface area contributed by atoms with E-state index in [4.69, 9.17) is 25.9 Å². The third-order valence-corrected chi connectivity index (χ3v) is 10.5. The van der Waals surface area contributed by atoms with E-state index in [1.54, 1.807) is 17.9 Å². The van der Waals surface area contributed by atoms with E-state index in [0.717, 1.165) is 60.3 Å². The Labute approximate surface area is 359 Å². The Morgan fingerprint density at radius 1 is 0.790 bits per heavy atom. The number of nitrogens with one attached hydrogen (secondary N) is 4. The summed E-state index contributed by atoms with van der Waals surface area (Å²) in [4.78, 5) is 71.4. The Hall–Kier alpha value is -7.39. The number of aromatic amines is 2. The molecule has 0 saturated carbocycles. The van der Waals surface area contributed by atoms with Crippen molar-refractivity contribution >= 4 is 67.6 Å². The van der Waals surface area contributed by atoms with Gasteiger partial charge in [-0.2, -0.15) is 5.26 Å². The first-order valence-corrected chi connectivity index (χ1v) is 20.3. The van der Waals surface area contributed by atoms with Gasteiger partial charge in [-0.3, -0.25) is 9.59 Å². The number of hydrogen-bond acceptors (Lipinski definition) is 9. The van der Waals surface area contributed by atoms with Gasteiger partial charge in [-0.1, -0.05) is 61.9 Å². The highest BCUT2D eigenvalue weighted by Crippen LogP contribution is 2.33. The van der Waals surface area contributed by atoms with Crippen LogP contribution in [0.15, 0.2) is 72.3 Å².